The SMILES string of the molecule is CC[C@H]1CN([C@H](C)c2ccc(C(F)(F)F)cc2F)[C@H](CC)CN1c1nc(=O)n(C)c2cc(CC#N)nn12. The van der Waals surface area contributed by atoms with Crippen LogP contribution in [0.3, 0.4) is 0 Å². The van der Waals surface area contributed by atoms with E-state index in [-0.39, 0.29) is 24.1 Å². The zero-order valence-electron chi connectivity index (χ0n) is 21.1. The topological polar surface area (TPSA) is 82.5 Å². The van der Waals surface area contributed by atoms with Gasteiger partial charge in [0.15, 0.2) is 0 Å². The second-order valence-corrected chi connectivity index (χ2v) is 9.38. The summed E-state index contributed by atoms with van der Waals surface area (Å²) in [6.45, 7) is 6.73. The minimum absolute atomic E-state index is 0.0884. The fourth-order valence-electron chi connectivity index (χ4n) is 5.09. The molecule has 198 valence electrons. The molecule has 2 aromatic heterocycles. The van der Waals surface area contributed by atoms with Gasteiger partial charge in [0.25, 0.3) is 0 Å². The summed E-state index contributed by atoms with van der Waals surface area (Å²) in [7, 11) is 1.59. The number of benzene rings is 1. The highest BCUT2D eigenvalue weighted by atomic mass is 19.4. The number of anilines is 1. The molecule has 3 heterocycles. The van der Waals surface area contributed by atoms with Crippen molar-refractivity contribution in [2.75, 3.05) is 18.0 Å². The molecule has 1 aromatic carbocycles. The predicted molar refractivity (Wildman–Crippen MR) is 130 cm³/mol. The van der Waals surface area contributed by atoms with Gasteiger partial charge in [0.1, 0.15) is 11.5 Å². The lowest BCUT2D eigenvalue weighted by molar-refractivity contribution is -0.137. The molecule has 12 heteroatoms. The van der Waals surface area contributed by atoms with Gasteiger partial charge < -0.3 is 4.90 Å². The molecule has 0 amide bonds. The number of alkyl halides is 3. The fourth-order valence-corrected chi connectivity index (χ4v) is 5.09. The number of halogens is 4. The van der Waals surface area contributed by atoms with Gasteiger partial charge in [-0.3, -0.25) is 9.47 Å². The third-order valence-corrected chi connectivity index (χ3v) is 7.23. The quantitative estimate of drug-likeness (QED) is 0.457. The Bertz CT molecular complexity index is 1390. The molecule has 1 fully saturated rings. The monoisotopic (exact) mass is 519 g/mol. The van der Waals surface area contributed by atoms with Crippen LogP contribution in [0.1, 0.15) is 56.5 Å². The van der Waals surface area contributed by atoms with E-state index in [1.807, 2.05) is 18.7 Å². The molecular formula is C25H29F4N7O. The molecule has 0 saturated carbocycles. The molecular weight excluding hydrogens is 490 g/mol. The van der Waals surface area contributed by atoms with Gasteiger partial charge in [-0.2, -0.15) is 33.0 Å². The number of aromatic nitrogens is 4. The van der Waals surface area contributed by atoms with Crippen LogP contribution in [0.15, 0.2) is 29.1 Å². The third-order valence-electron chi connectivity index (χ3n) is 7.23. The van der Waals surface area contributed by atoms with Gasteiger partial charge in [0.2, 0.25) is 5.95 Å². The standard InChI is InChI=1S/C25H29F4N7O/c1-5-18-14-35(23-31-24(37)33(4)22-12-17(9-10-30)32-36(22)23)19(6-2)13-34(18)15(3)20-8-7-16(11-21(20)26)25(27,28)29/h7-8,11-12,15,18-19H,5-6,9,13-14H2,1-4H3/t15-,18-,19+/m1/s1. The maximum Gasteiger partial charge on any atom is 0.416 e. The van der Waals surface area contributed by atoms with Crippen molar-refractivity contribution in [1.29, 1.82) is 5.26 Å². The Balaban J connectivity index is 1.70. The Morgan fingerprint density at radius 3 is 2.46 bits per heavy atom. The molecule has 1 saturated heterocycles. The van der Waals surface area contributed by atoms with Crippen molar-refractivity contribution in [2.24, 2.45) is 7.05 Å². The van der Waals surface area contributed by atoms with Crippen molar-refractivity contribution < 1.29 is 17.6 Å². The molecule has 3 atom stereocenters. The Kier molecular flexibility index (Phi) is 7.28. The summed E-state index contributed by atoms with van der Waals surface area (Å²) in [5.74, 6) is -0.509. The number of fused-ring (bicyclic) bond motifs is 1. The number of hydrogen-bond acceptors (Lipinski definition) is 6. The average molecular weight is 520 g/mol. The second-order valence-electron chi connectivity index (χ2n) is 9.38. The minimum Gasteiger partial charge on any atom is -0.335 e. The van der Waals surface area contributed by atoms with Crippen molar-refractivity contribution >= 4 is 11.6 Å². The van der Waals surface area contributed by atoms with Crippen LogP contribution in [0.25, 0.3) is 5.65 Å². The number of rotatable bonds is 6. The van der Waals surface area contributed by atoms with Crippen LogP contribution in [0.4, 0.5) is 23.5 Å². The van der Waals surface area contributed by atoms with Gasteiger partial charge in [-0.15, -0.1) is 0 Å². The summed E-state index contributed by atoms with van der Waals surface area (Å²) in [6.07, 6.45) is -3.15. The number of piperazine rings is 1. The van der Waals surface area contributed by atoms with E-state index in [9.17, 15) is 22.4 Å². The number of aryl methyl sites for hydroxylation is 1. The molecule has 1 aliphatic heterocycles. The van der Waals surface area contributed by atoms with Gasteiger partial charge in [-0.05, 0) is 31.9 Å². The average Bonchev–Trinajstić information content (AvgIpc) is 3.28. The molecule has 1 aliphatic rings. The van der Waals surface area contributed by atoms with Crippen LogP contribution >= 0.6 is 0 Å². The summed E-state index contributed by atoms with van der Waals surface area (Å²) < 4.78 is 56.9. The van der Waals surface area contributed by atoms with Gasteiger partial charge in [-0.25, -0.2) is 9.18 Å². The largest absolute Gasteiger partial charge is 0.416 e. The molecule has 0 aliphatic carbocycles. The van der Waals surface area contributed by atoms with Crippen molar-refractivity contribution in [3.05, 3.63) is 57.4 Å². The fraction of sp³-hybridized carbons (Fsp3) is 0.520. The van der Waals surface area contributed by atoms with Gasteiger partial charge in [0, 0.05) is 49.9 Å². The van der Waals surface area contributed by atoms with Crippen LogP contribution in [-0.4, -0.2) is 49.2 Å². The zero-order valence-corrected chi connectivity index (χ0v) is 21.1. The highest BCUT2D eigenvalue weighted by Gasteiger charge is 2.38. The van der Waals surface area contributed by atoms with E-state index >= 15 is 0 Å². The third kappa shape index (κ3) is 4.92. The van der Waals surface area contributed by atoms with Crippen LogP contribution in [0, 0.1) is 17.1 Å². The molecule has 3 aromatic rings. The van der Waals surface area contributed by atoms with E-state index in [1.54, 1.807) is 24.6 Å². The molecule has 0 radical (unpaired) electrons. The van der Waals surface area contributed by atoms with Gasteiger partial charge in [-0.1, -0.05) is 19.9 Å². The molecule has 4 rings (SSSR count). The minimum atomic E-state index is -4.61. The summed E-state index contributed by atoms with van der Waals surface area (Å²) in [5, 5.41) is 13.6. The Labute approximate surface area is 211 Å². The van der Waals surface area contributed by atoms with E-state index < -0.39 is 29.3 Å². The lowest BCUT2D eigenvalue weighted by Gasteiger charge is -2.48. The lowest BCUT2D eigenvalue weighted by Crippen LogP contribution is -2.59. The Morgan fingerprint density at radius 2 is 1.86 bits per heavy atom. The first-order chi connectivity index (χ1) is 17.5. The van der Waals surface area contributed by atoms with E-state index in [4.69, 9.17) is 5.26 Å². The van der Waals surface area contributed by atoms with Crippen LogP contribution in [0.5, 0.6) is 0 Å². The highest BCUT2D eigenvalue weighted by Crippen LogP contribution is 2.35. The van der Waals surface area contributed by atoms with E-state index in [0.717, 1.165) is 6.07 Å². The maximum atomic E-state index is 14.8. The molecule has 0 spiro atoms. The lowest BCUT2D eigenvalue weighted by atomic mass is 9.96. The van der Waals surface area contributed by atoms with Crippen LogP contribution in [0.2, 0.25) is 0 Å². The van der Waals surface area contributed by atoms with Gasteiger partial charge in [0.05, 0.1) is 23.7 Å². The normalized spacial score (nSPS) is 19.8. The van der Waals surface area contributed by atoms with Crippen molar-refractivity contribution in [1.82, 2.24) is 24.1 Å². The van der Waals surface area contributed by atoms with E-state index in [0.29, 0.717) is 49.3 Å². The van der Waals surface area contributed by atoms with Crippen molar-refractivity contribution in [2.45, 2.75) is 64.3 Å². The molecule has 0 N–H and O–H groups in total. The Morgan fingerprint density at radius 1 is 1.16 bits per heavy atom. The van der Waals surface area contributed by atoms with E-state index in [1.165, 1.54) is 10.6 Å². The van der Waals surface area contributed by atoms with Crippen LogP contribution < -0.4 is 10.6 Å². The van der Waals surface area contributed by atoms with Gasteiger partial charge >= 0.3 is 11.9 Å². The summed E-state index contributed by atoms with van der Waals surface area (Å²) in [5.41, 5.74) is -0.212. The van der Waals surface area contributed by atoms with Crippen molar-refractivity contribution in [3.8, 4) is 6.07 Å². The van der Waals surface area contributed by atoms with Crippen LogP contribution in [-0.2, 0) is 19.6 Å². The first-order valence-corrected chi connectivity index (χ1v) is 12.2. The molecule has 37 heavy (non-hydrogen) atoms. The summed E-state index contributed by atoms with van der Waals surface area (Å²) >= 11 is 0. The highest BCUT2D eigenvalue weighted by molar-refractivity contribution is 5.48. The smallest absolute Gasteiger partial charge is 0.335 e. The molecule has 0 unspecified atom stereocenters. The number of hydrogen-bond donors (Lipinski definition) is 0. The zero-order chi connectivity index (χ0) is 27.1. The second kappa shape index (κ2) is 10.1. The number of nitrogens with zero attached hydrogens (tertiary/aromatic N) is 7. The maximum absolute atomic E-state index is 14.8. The Hall–Kier alpha value is -3.46. The van der Waals surface area contributed by atoms with E-state index in [2.05, 4.69) is 21.1 Å². The number of nitriles is 1. The first-order valence-electron chi connectivity index (χ1n) is 12.2. The van der Waals surface area contributed by atoms with Crippen molar-refractivity contribution in [3.63, 3.8) is 0 Å². The first kappa shape index (κ1) is 26.6. The molecule has 8 nitrogen and oxygen atoms in total. The summed E-state index contributed by atoms with van der Waals surface area (Å²) in [4.78, 5) is 21.1. The summed E-state index contributed by atoms with van der Waals surface area (Å²) in [6, 6.07) is 5.78. The predicted octanol–water partition coefficient (Wildman–Crippen LogP) is 4.09. The molecule has 0 bridgehead atoms.